The lowest BCUT2D eigenvalue weighted by molar-refractivity contribution is -0.113. The number of benzene rings is 2. The summed E-state index contributed by atoms with van der Waals surface area (Å²) in [5.41, 5.74) is 9.74. The lowest BCUT2D eigenvalue weighted by Gasteiger charge is -2.50. The number of hydrogen-bond donors (Lipinski definition) is 1. The van der Waals surface area contributed by atoms with Crippen LogP contribution in [0.2, 0.25) is 0 Å². The van der Waals surface area contributed by atoms with E-state index in [0.29, 0.717) is 23.8 Å². The monoisotopic (exact) mass is 494 g/mol. The highest BCUT2D eigenvalue weighted by molar-refractivity contribution is 8.02. The van der Waals surface area contributed by atoms with E-state index in [4.69, 9.17) is 15.2 Å². The van der Waals surface area contributed by atoms with Gasteiger partial charge in [-0.15, -0.1) is 4.91 Å². The second-order valence-corrected chi connectivity index (χ2v) is 11.1. The molecular weight excluding hydrogens is 460 g/mol. The molecule has 7 heteroatoms. The van der Waals surface area contributed by atoms with Crippen LogP contribution in [0.3, 0.4) is 0 Å². The van der Waals surface area contributed by atoms with E-state index in [1.54, 1.807) is 13.2 Å². The van der Waals surface area contributed by atoms with Crippen LogP contribution < -0.4 is 10.5 Å². The molecule has 35 heavy (non-hydrogen) atoms. The third-order valence-corrected chi connectivity index (χ3v) is 8.02. The van der Waals surface area contributed by atoms with Crippen LogP contribution in [0.4, 0.5) is 0 Å². The second-order valence-electron chi connectivity index (χ2n) is 10.4. The summed E-state index contributed by atoms with van der Waals surface area (Å²) in [4.78, 5) is 22.2. The Morgan fingerprint density at radius 2 is 1.74 bits per heavy atom. The Morgan fingerprint density at radius 1 is 1.09 bits per heavy atom. The standard InChI is InChI=1S/C28H34N2O4S/c1-18-10-21-11-19(2)15-28(14-18,16-21)24-13-23(8-9-25(24)34-17-33-3)22-6-4-20(5-7-22)12-26(27(29)31)35-30-32/h4-9,12-13,18-19,21H,10-11,14-17H2,1-3H3,(H2,29,31)/b26-12-. The van der Waals surface area contributed by atoms with E-state index in [2.05, 4.69) is 36.6 Å². The van der Waals surface area contributed by atoms with Gasteiger partial charge in [0, 0.05) is 17.3 Å². The van der Waals surface area contributed by atoms with Crippen LogP contribution in [-0.4, -0.2) is 19.8 Å². The first kappa shape index (κ1) is 25.5. The first-order valence-electron chi connectivity index (χ1n) is 12.2. The Bertz CT molecular complexity index is 1080. The maximum atomic E-state index is 11.5. The first-order valence-corrected chi connectivity index (χ1v) is 13.0. The van der Waals surface area contributed by atoms with Crippen molar-refractivity contribution in [1.82, 2.24) is 0 Å². The predicted octanol–water partition coefficient (Wildman–Crippen LogP) is 6.68. The van der Waals surface area contributed by atoms with Gasteiger partial charge < -0.3 is 15.2 Å². The van der Waals surface area contributed by atoms with Crippen molar-refractivity contribution in [3.8, 4) is 16.9 Å². The summed E-state index contributed by atoms with van der Waals surface area (Å²) < 4.78 is 14.0. The Labute approximate surface area is 211 Å². The molecule has 2 atom stereocenters. The van der Waals surface area contributed by atoms with E-state index in [1.807, 2.05) is 24.3 Å². The number of carbonyl (C=O) groups is 1. The number of methoxy groups -OCH3 is 1. The zero-order valence-corrected chi connectivity index (χ0v) is 21.5. The number of primary amides is 1. The quantitative estimate of drug-likeness (QED) is 0.182. The lowest BCUT2D eigenvalue weighted by Crippen LogP contribution is -2.42. The molecule has 0 radical (unpaired) electrons. The summed E-state index contributed by atoms with van der Waals surface area (Å²) in [5.74, 6) is 2.41. The zero-order chi connectivity index (χ0) is 25.0. The molecule has 4 rings (SSSR count). The van der Waals surface area contributed by atoms with Crippen LogP contribution >= 0.6 is 11.9 Å². The van der Waals surface area contributed by atoms with Crippen molar-refractivity contribution < 1.29 is 14.3 Å². The van der Waals surface area contributed by atoms with E-state index >= 15 is 0 Å². The summed E-state index contributed by atoms with van der Waals surface area (Å²) in [6.07, 6.45) is 7.81. The molecule has 2 unspecified atom stereocenters. The van der Waals surface area contributed by atoms with Crippen molar-refractivity contribution in [3.05, 3.63) is 63.4 Å². The topological polar surface area (TPSA) is 91.0 Å². The molecule has 186 valence electrons. The lowest BCUT2D eigenvalue weighted by atomic mass is 9.54. The largest absolute Gasteiger partial charge is 0.467 e. The molecule has 1 amide bonds. The molecular formula is C28H34N2O4S. The van der Waals surface area contributed by atoms with Gasteiger partial charge in [0.2, 0.25) is 0 Å². The average Bonchev–Trinajstić information content (AvgIpc) is 2.82. The number of carbonyl (C=O) groups excluding carboxylic acids is 1. The maximum Gasteiger partial charge on any atom is 0.257 e. The molecule has 2 aromatic carbocycles. The van der Waals surface area contributed by atoms with Crippen LogP contribution in [0.15, 0.2) is 52.0 Å². The molecule has 0 spiro atoms. The summed E-state index contributed by atoms with van der Waals surface area (Å²) in [5, 5.41) is 0. The van der Waals surface area contributed by atoms with E-state index in [9.17, 15) is 9.70 Å². The van der Waals surface area contributed by atoms with Gasteiger partial charge in [0.15, 0.2) is 6.79 Å². The summed E-state index contributed by atoms with van der Waals surface area (Å²) in [7, 11) is 1.65. The molecule has 0 aromatic heterocycles. The van der Waals surface area contributed by atoms with Crippen LogP contribution in [-0.2, 0) is 14.9 Å². The van der Waals surface area contributed by atoms with Crippen molar-refractivity contribution in [2.24, 2.45) is 28.1 Å². The fourth-order valence-electron chi connectivity index (χ4n) is 6.51. The van der Waals surface area contributed by atoms with Crippen molar-refractivity contribution in [2.45, 2.75) is 51.4 Å². The molecule has 2 aliphatic carbocycles. The Balaban J connectivity index is 1.71. The minimum atomic E-state index is -0.670. The first-order chi connectivity index (χ1) is 16.8. The van der Waals surface area contributed by atoms with Gasteiger partial charge in [-0.1, -0.05) is 44.2 Å². The second kappa shape index (κ2) is 11.0. The normalized spacial score (nSPS) is 26.3. The van der Waals surface area contributed by atoms with E-state index in [0.717, 1.165) is 28.4 Å². The fraction of sp³-hybridized carbons (Fsp3) is 0.464. The molecule has 2 bridgehead atoms. The van der Waals surface area contributed by atoms with Crippen molar-refractivity contribution in [3.63, 3.8) is 0 Å². The Morgan fingerprint density at radius 3 is 2.34 bits per heavy atom. The third kappa shape index (κ3) is 5.78. The van der Waals surface area contributed by atoms with Gasteiger partial charge in [0.25, 0.3) is 5.91 Å². The highest BCUT2D eigenvalue weighted by Gasteiger charge is 2.46. The minimum absolute atomic E-state index is 0.112. The number of rotatable bonds is 9. The van der Waals surface area contributed by atoms with E-state index < -0.39 is 5.91 Å². The zero-order valence-electron chi connectivity index (χ0n) is 20.7. The van der Waals surface area contributed by atoms with Crippen LogP contribution in [0, 0.1) is 22.7 Å². The highest BCUT2D eigenvalue weighted by atomic mass is 32.2. The van der Waals surface area contributed by atoms with Crippen LogP contribution in [0.5, 0.6) is 5.75 Å². The molecule has 0 heterocycles. The third-order valence-electron chi connectivity index (χ3n) is 7.43. The molecule has 2 fully saturated rings. The average molecular weight is 495 g/mol. The molecule has 2 N–H and O–H groups in total. The number of ether oxygens (including phenoxy) is 2. The summed E-state index contributed by atoms with van der Waals surface area (Å²) in [6.45, 7) is 5.01. The predicted molar refractivity (Wildman–Crippen MR) is 142 cm³/mol. The fourth-order valence-corrected chi connectivity index (χ4v) is 6.87. The number of nitroso groups, excluding NO2 is 1. The van der Waals surface area contributed by atoms with Gasteiger partial charge in [-0.2, -0.15) is 0 Å². The highest BCUT2D eigenvalue weighted by Crippen LogP contribution is 2.56. The van der Waals surface area contributed by atoms with Crippen LogP contribution in [0.1, 0.15) is 57.1 Å². The summed E-state index contributed by atoms with van der Waals surface area (Å²) in [6, 6.07) is 14.3. The van der Waals surface area contributed by atoms with Gasteiger partial charge >= 0.3 is 0 Å². The van der Waals surface area contributed by atoms with Gasteiger partial charge in [-0.25, -0.2) is 0 Å². The van der Waals surface area contributed by atoms with Crippen molar-refractivity contribution in [1.29, 1.82) is 0 Å². The number of amides is 1. The maximum absolute atomic E-state index is 11.5. The van der Waals surface area contributed by atoms with Crippen molar-refractivity contribution >= 4 is 23.9 Å². The smallest absolute Gasteiger partial charge is 0.257 e. The SMILES string of the molecule is COCOc1ccc(-c2ccc(/C=C(\SN=O)C(N)=O)cc2)cc1C12CC(C)CC(CC(C)C1)C2. The van der Waals surface area contributed by atoms with E-state index in [-0.39, 0.29) is 17.1 Å². The molecule has 0 aliphatic heterocycles. The molecule has 6 nitrogen and oxygen atoms in total. The Kier molecular flexibility index (Phi) is 7.97. The van der Waals surface area contributed by atoms with Crippen LogP contribution in [0.25, 0.3) is 17.2 Å². The number of fused-ring (bicyclic) bond motifs is 2. The van der Waals surface area contributed by atoms with Crippen molar-refractivity contribution in [2.75, 3.05) is 13.9 Å². The van der Waals surface area contributed by atoms with Gasteiger partial charge in [-0.3, -0.25) is 4.79 Å². The summed E-state index contributed by atoms with van der Waals surface area (Å²) >= 11 is 0.546. The number of nitrogens with two attached hydrogens (primary N) is 1. The van der Waals surface area contributed by atoms with Gasteiger partial charge in [0.1, 0.15) is 5.75 Å². The minimum Gasteiger partial charge on any atom is -0.467 e. The molecule has 2 saturated carbocycles. The Hall–Kier alpha value is -2.64. The van der Waals surface area contributed by atoms with E-state index in [1.165, 1.54) is 37.7 Å². The number of hydrogen-bond acceptors (Lipinski definition) is 6. The molecule has 2 aromatic rings. The molecule has 2 aliphatic rings. The van der Waals surface area contributed by atoms with Gasteiger partial charge in [-0.05, 0) is 90.2 Å². The number of nitrogens with zero attached hydrogens (tertiary/aromatic N) is 1. The van der Waals surface area contributed by atoms with Gasteiger partial charge in [0.05, 0.1) is 16.9 Å². The molecule has 0 saturated heterocycles.